The molecule has 2 atom stereocenters. The fourth-order valence-electron chi connectivity index (χ4n) is 1.23. The second kappa shape index (κ2) is 4.96. The highest BCUT2D eigenvalue weighted by Crippen LogP contribution is 2.13. The molecule has 0 bridgehead atoms. The number of nitrogens with zero attached hydrogens (tertiary/aromatic N) is 1. The van der Waals surface area contributed by atoms with Crippen molar-refractivity contribution in [3.05, 3.63) is 29.6 Å². The van der Waals surface area contributed by atoms with Crippen molar-refractivity contribution in [3.8, 4) is 0 Å². The van der Waals surface area contributed by atoms with Gasteiger partial charge in [-0.3, -0.25) is 14.6 Å². The van der Waals surface area contributed by atoms with E-state index in [0.717, 1.165) is 0 Å². The monoisotopic (exact) mass is 221 g/mol. The summed E-state index contributed by atoms with van der Waals surface area (Å²) in [6.45, 7) is 2.79. The summed E-state index contributed by atoms with van der Waals surface area (Å²) < 4.78 is 0. The van der Waals surface area contributed by atoms with E-state index in [1.54, 1.807) is 18.2 Å². The van der Waals surface area contributed by atoms with Crippen LogP contribution in [0.2, 0.25) is 0 Å². The highest BCUT2D eigenvalue weighted by Gasteiger charge is 2.16. The maximum absolute atomic E-state index is 11.1. The Bertz CT molecular complexity index is 382. The number of hydrogen-bond acceptors (Lipinski definition) is 5. The first-order valence-corrected chi connectivity index (χ1v) is 4.92. The lowest BCUT2D eigenvalue weighted by atomic mass is 10.1. The standard InChI is InChI=1S/C11H15N3O2/c1-6(15)10(12)8-4-3-5-9(14-8)11(13)7(2)16/h3-5,10-11H,12-13H2,1-2H3. The van der Waals surface area contributed by atoms with Crippen LogP contribution < -0.4 is 11.5 Å². The summed E-state index contributed by atoms with van der Waals surface area (Å²) in [5, 5.41) is 0. The first kappa shape index (κ1) is 12.5. The van der Waals surface area contributed by atoms with Gasteiger partial charge < -0.3 is 11.5 Å². The van der Waals surface area contributed by atoms with Crippen LogP contribution in [-0.2, 0) is 9.59 Å². The van der Waals surface area contributed by atoms with E-state index in [1.165, 1.54) is 13.8 Å². The van der Waals surface area contributed by atoms with Crippen molar-refractivity contribution in [2.75, 3.05) is 0 Å². The zero-order valence-electron chi connectivity index (χ0n) is 9.31. The van der Waals surface area contributed by atoms with Gasteiger partial charge in [0.15, 0.2) is 11.6 Å². The molecule has 0 saturated carbocycles. The van der Waals surface area contributed by atoms with Crippen LogP contribution in [0.1, 0.15) is 37.3 Å². The highest BCUT2D eigenvalue weighted by molar-refractivity contribution is 5.83. The molecule has 5 heteroatoms. The number of aromatic nitrogens is 1. The molecule has 1 aromatic rings. The molecule has 0 saturated heterocycles. The molecule has 4 N–H and O–H groups in total. The van der Waals surface area contributed by atoms with Gasteiger partial charge in [0.05, 0.1) is 11.4 Å². The van der Waals surface area contributed by atoms with Crippen molar-refractivity contribution in [2.24, 2.45) is 11.5 Å². The van der Waals surface area contributed by atoms with Gasteiger partial charge in [-0.25, -0.2) is 0 Å². The third-order valence-corrected chi connectivity index (χ3v) is 2.31. The minimum absolute atomic E-state index is 0.180. The Hall–Kier alpha value is -1.59. The summed E-state index contributed by atoms with van der Waals surface area (Å²) >= 11 is 0. The quantitative estimate of drug-likeness (QED) is 0.759. The van der Waals surface area contributed by atoms with Crippen LogP contribution in [0, 0.1) is 0 Å². The second-order valence-corrected chi connectivity index (χ2v) is 3.66. The topological polar surface area (TPSA) is 99.1 Å². The smallest absolute Gasteiger partial charge is 0.152 e. The van der Waals surface area contributed by atoms with Crippen molar-refractivity contribution in [1.29, 1.82) is 0 Å². The summed E-state index contributed by atoms with van der Waals surface area (Å²) in [6.07, 6.45) is 0. The van der Waals surface area contributed by atoms with Crippen molar-refractivity contribution in [1.82, 2.24) is 4.98 Å². The minimum atomic E-state index is -0.765. The van der Waals surface area contributed by atoms with Gasteiger partial charge in [-0.1, -0.05) is 6.07 Å². The molecule has 0 spiro atoms. The van der Waals surface area contributed by atoms with Crippen molar-refractivity contribution < 1.29 is 9.59 Å². The average molecular weight is 221 g/mol. The lowest BCUT2D eigenvalue weighted by Gasteiger charge is -2.11. The molecule has 0 amide bonds. The summed E-state index contributed by atoms with van der Waals surface area (Å²) in [6, 6.07) is 3.44. The molecule has 1 aromatic heterocycles. The van der Waals surface area contributed by atoms with Crippen molar-refractivity contribution in [3.63, 3.8) is 0 Å². The van der Waals surface area contributed by atoms with Gasteiger partial charge >= 0.3 is 0 Å². The lowest BCUT2D eigenvalue weighted by Crippen LogP contribution is -2.23. The minimum Gasteiger partial charge on any atom is -0.317 e. The van der Waals surface area contributed by atoms with Gasteiger partial charge in [0.1, 0.15) is 12.1 Å². The third kappa shape index (κ3) is 2.71. The van der Waals surface area contributed by atoms with Gasteiger partial charge in [-0.05, 0) is 26.0 Å². The fraction of sp³-hybridized carbons (Fsp3) is 0.364. The molecule has 16 heavy (non-hydrogen) atoms. The highest BCUT2D eigenvalue weighted by atomic mass is 16.1. The maximum Gasteiger partial charge on any atom is 0.152 e. The zero-order valence-corrected chi connectivity index (χ0v) is 9.31. The van der Waals surface area contributed by atoms with E-state index < -0.39 is 12.1 Å². The van der Waals surface area contributed by atoms with Crippen LogP contribution in [-0.4, -0.2) is 16.6 Å². The van der Waals surface area contributed by atoms with E-state index in [4.69, 9.17) is 11.5 Å². The first-order chi connectivity index (χ1) is 7.43. The van der Waals surface area contributed by atoms with Crippen LogP contribution in [0.5, 0.6) is 0 Å². The molecule has 1 rings (SSSR count). The predicted molar refractivity (Wildman–Crippen MR) is 59.5 cm³/mol. The summed E-state index contributed by atoms with van der Waals surface area (Å²) in [5.41, 5.74) is 12.2. The SMILES string of the molecule is CC(=O)C(N)c1cccc(C(N)C(C)=O)n1. The van der Waals surface area contributed by atoms with Crippen LogP contribution >= 0.6 is 0 Å². The van der Waals surface area contributed by atoms with Crippen LogP contribution in [0.25, 0.3) is 0 Å². The van der Waals surface area contributed by atoms with E-state index in [1.807, 2.05) is 0 Å². The Morgan fingerprint density at radius 2 is 1.44 bits per heavy atom. The van der Waals surface area contributed by atoms with Crippen molar-refractivity contribution in [2.45, 2.75) is 25.9 Å². The van der Waals surface area contributed by atoms with Gasteiger partial charge in [-0.15, -0.1) is 0 Å². The maximum atomic E-state index is 11.1. The Kier molecular flexibility index (Phi) is 3.87. The number of rotatable bonds is 4. The second-order valence-electron chi connectivity index (χ2n) is 3.66. The molecule has 0 aliphatic rings. The largest absolute Gasteiger partial charge is 0.317 e. The number of carbonyl (C=O) groups is 2. The number of carbonyl (C=O) groups excluding carboxylic acids is 2. The molecule has 1 heterocycles. The Balaban J connectivity index is 3.04. The van der Waals surface area contributed by atoms with Crippen LogP contribution in [0.4, 0.5) is 0 Å². The van der Waals surface area contributed by atoms with Gasteiger partial charge in [0.2, 0.25) is 0 Å². The molecule has 5 nitrogen and oxygen atoms in total. The summed E-state index contributed by atoms with van der Waals surface area (Å²) in [7, 11) is 0. The van der Waals surface area contributed by atoms with Crippen molar-refractivity contribution >= 4 is 11.6 Å². The zero-order chi connectivity index (χ0) is 12.3. The molecule has 0 radical (unpaired) electrons. The molecular weight excluding hydrogens is 206 g/mol. The summed E-state index contributed by atoms with van der Waals surface area (Å²) in [5.74, 6) is -0.359. The van der Waals surface area contributed by atoms with E-state index >= 15 is 0 Å². The predicted octanol–water partition coefficient (Wildman–Crippen LogP) is 0.259. The van der Waals surface area contributed by atoms with E-state index in [2.05, 4.69) is 4.98 Å². The third-order valence-electron chi connectivity index (χ3n) is 2.31. The van der Waals surface area contributed by atoms with E-state index in [9.17, 15) is 9.59 Å². The molecule has 0 aromatic carbocycles. The lowest BCUT2D eigenvalue weighted by molar-refractivity contribution is -0.119. The van der Waals surface area contributed by atoms with Crippen LogP contribution in [0.3, 0.4) is 0 Å². The summed E-state index contributed by atoms with van der Waals surface area (Å²) in [4.78, 5) is 26.3. The Labute approximate surface area is 93.8 Å². The normalized spacial score (nSPS) is 14.2. The molecule has 0 aliphatic carbocycles. The molecule has 86 valence electrons. The van der Waals surface area contributed by atoms with Gasteiger partial charge in [0, 0.05) is 0 Å². The number of ketones is 2. The molecule has 0 fully saturated rings. The average Bonchev–Trinajstić information content (AvgIpc) is 2.26. The number of hydrogen-bond donors (Lipinski definition) is 2. The number of pyridine rings is 1. The number of Topliss-reactive ketones (excluding diaryl/α,β-unsaturated/α-hetero) is 2. The van der Waals surface area contributed by atoms with Crippen LogP contribution in [0.15, 0.2) is 18.2 Å². The Morgan fingerprint density at radius 3 is 1.75 bits per heavy atom. The first-order valence-electron chi connectivity index (χ1n) is 4.92. The van der Waals surface area contributed by atoms with E-state index in [-0.39, 0.29) is 11.6 Å². The molecular formula is C11H15N3O2. The molecule has 2 unspecified atom stereocenters. The molecule has 0 aliphatic heterocycles. The Morgan fingerprint density at radius 1 is 1.06 bits per heavy atom. The van der Waals surface area contributed by atoms with Gasteiger partial charge in [0.25, 0.3) is 0 Å². The number of nitrogens with two attached hydrogens (primary N) is 2. The van der Waals surface area contributed by atoms with Gasteiger partial charge in [-0.2, -0.15) is 0 Å². The fourth-order valence-corrected chi connectivity index (χ4v) is 1.23. The van der Waals surface area contributed by atoms with E-state index in [0.29, 0.717) is 11.4 Å².